The van der Waals surface area contributed by atoms with Crippen molar-refractivity contribution in [1.82, 2.24) is 14.8 Å². The highest BCUT2D eigenvalue weighted by molar-refractivity contribution is 5.85. The van der Waals surface area contributed by atoms with Crippen LogP contribution in [0.5, 0.6) is 11.5 Å². The first kappa shape index (κ1) is 20.0. The van der Waals surface area contributed by atoms with E-state index >= 15 is 0 Å². The van der Waals surface area contributed by atoms with E-state index in [1.807, 2.05) is 59.3 Å². The molecule has 2 atom stereocenters. The first-order valence-corrected chi connectivity index (χ1v) is 10.7. The highest BCUT2D eigenvalue weighted by Gasteiger charge is 2.41. The van der Waals surface area contributed by atoms with E-state index < -0.39 is 11.0 Å². The van der Waals surface area contributed by atoms with Crippen molar-refractivity contribution in [1.29, 1.82) is 0 Å². The van der Waals surface area contributed by atoms with Gasteiger partial charge in [0.15, 0.2) is 0 Å². The number of nitro benzene ring substituents is 1. The Morgan fingerprint density at radius 2 is 1.88 bits per heavy atom. The maximum Gasteiger partial charge on any atom is 0.269 e. The molecule has 1 N–H and O–H groups in total. The lowest BCUT2D eigenvalue weighted by Gasteiger charge is -2.38. The Hall–Kier alpha value is -4.66. The van der Waals surface area contributed by atoms with Gasteiger partial charge in [-0.25, -0.2) is 4.68 Å². The third kappa shape index (κ3) is 3.09. The fraction of sp³-hybridized carbons (Fsp3) is 0.120. The summed E-state index contributed by atoms with van der Waals surface area (Å²) in [5, 5.41) is 19.4. The normalized spacial score (nSPS) is 18.1. The van der Waals surface area contributed by atoms with Gasteiger partial charge in [-0.3, -0.25) is 10.1 Å². The zero-order chi connectivity index (χ0) is 23.2. The number of rotatable bonds is 4. The predicted octanol–water partition coefficient (Wildman–Crippen LogP) is 4.75. The van der Waals surface area contributed by atoms with Crippen LogP contribution < -0.4 is 14.8 Å². The number of para-hydroxylation sites is 1. The van der Waals surface area contributed by atoms with Crippen molar-refractivity contribution in [2.45, 2.75) is 12.1 Å². The molecular weight excluding hydrogens is 434 g/mol. The Morgan fingerprint density at radius 3 is 2.68 bits per heavy atom. The monoisotopic (exact) mass is 453 g/mol. The quantitative estimate of drug-likeness (QED) is 0.351. The molecule has 0 fully saturated rings. The van der Waals surface area contributed by atoms with Gasteiger partial charge in [0.2, 0.25) is 5.95 Å². The standard InChI is InChI=1S/C25H19N5O4/c1-33-18-11-9-15(10-12-18)23-21-22(28-25-26-14-27-29(23)25)19-7-2-3-8-20(19)34-24(21)16-5-4-6-17(13-16)30(31)32/h2-14,23-24H,1H3,(H,26,27,28). The molecule has 0 amide bonds. The van der Waals surface area contributed by atoms with Crippen LogP contribution in [0, 0.1) is 10.1 Å². The van der Waals surface area contributed by atoms with Crippen LogP contribution in [0.4, 0.5) is 11.6 Å². The van der Waals surface area contributed by atoms with E-state index in [0.29, 0.717) is 17.3 Å². The molecular formula is C25H19N5O4. The van der Waals surface area contributed by atoms with Crippen molar-refractivity contribution in [2.75, 3.05) is 12.4 Å². The Kier molecular flexibility index (Phi) is 4.54. The van der Waals surface area contributed by atoms with Gasteiger partial charge in [0.05, 0.1) is 17.7 Å². The number of nitrogens with one attached hydrogen (secondary N) is 1. The third-order valence-electron chi connectivity index (χ3n) is 6.14. The van der Waals surface area contributed by atoms with Crippen LogP contribution in [-0.4, -0.2) is 26.8 Å². The van der Waals surface area contributed by atoms with Crippen LogP contribution in [0.15, 0.2) is 84.7 Å². The zero-order valence-electron chi connectivity index (χ0n) is 18.1. The summed E-state index contributed by atoms with van der Waals surface area (Å²) in [5.41, 5.74) is 4.29. The van der Waals surface area contributed by atoms with Crippen LogP contribution in [0.3, 0.4) is 0 Å². The first-order chi connectivity index (χ1) is 16.6. The maximum absolute atomic E-state index is 11.5. The molecule has 2 aliphatic rings. The van der Waals surface area contributed by atoms with E-state index in [0.717, 1.165) is 28.1 Å². The Bertz CT molecular complexity index is 1440. The molecule has 34 heavy (non-hydrogen) atoms. The number of methoxy groups -OCH3 is 1. The molecule has 4 aromatic rings. The van der Waals surface area contributed by atoms with E-state index in [4.69, 9.17) is 9.47 Å². The van der Waals surface area contributed by atoms with Gasteiger partial charge in [-0.05, 0) is 29.8 Å². The maximum atomic E-state index is 11.5. The van der Waals surface area contributed by atoms with E-state index in [1.54, 1.807) is 19.2 Å². The van der Waals surface area contributed by atoms with Crippen molar-refractivity contribution >= 4 is 17.3 Å². The largest absolute Gasteiger partial charge is 0.497 e. The van der Waals surface area contributed by atoms with Gasteiger partial charge in [-0.15, -0.1) is 0 Å². The Morgan fingerprint density at radius 1 is 1.06 bits per heavy atom. The predicted molar refractivity (Wildman–Crippen MR) is 125 cm³/mol. The van der Waals surface area contributed by atoms with Crippen molar-refractivity contribution in [2.24, 2.45) is 0 Å². The second kappa shape index (κ2) is 7.73. The van der Waals surface area contributed by atoms with Gasteiger partial charge in [-0.1, -0.05) is 36.4 Å². The lowest BCUT2D eigenvalue weighted by molar-refractivity contribution is -0.385. The van der Waals surface area contributed by atoms with Gasteiger partial charge < -0.3 is 14.8 Å². The summed E-state index contributed by atoms with van der Waals surface area (Å²) in [6.45, 7) is 0. The number of nitrogens with zero attached hydrogens (tertiary/aromatic N) is 4. The van der Waals surface area contributed by atoms with Gasteiger partial charge in [0, 0.05) is 28.8 Å². The van der Waals surface area contributed by atoms with E-state index in [2.05, 4.69) is 15.4 Å². The summed E-state index contributed by atoms with van der Waals surface area (Å²) < 4.78 is 13.7. The van der Waals surface area contributed by atoms with Crippen molar-refractivity contribution in [3.05, 3.63) is 112 Å². The molecule has 9 heteroatoms. The summed E-state index contributed by atoms with van der Waals surface area (Å²) in [4.78, 5) is 15.5. The van der Waals surface area contributed by atoms with Crippen LogP contribution in [0.2, 0.25) is 0 Å². The Labute approximate surface area is 194 Å². The van der Waals surface area contributed by atoms with Crippen LogP contribution in [0.25, 0.3) is 5.70 Å². The molecule has 9 nitrogen and oxygen atoms in total. The number of hydrogen-bond acceptors (Lipinski definition) is 7. The molecule has 0 aliphatic carbocycles. The molecule has 3 heterocycles. The second-order valence-corrected chi connectivity index (χ2v) is 8.01. The molecule has 2 unspecified atom stereocenters. The summed E-state index contributed by atoms with van der Waals surface area (Å²) >= 11 is 0. The van der Waals surface area contributed by atoms with E-state index in [1.165, 1.54) is 12.4 Å². The average molecular weight is 453 g/mol. The second-order valence-electron chi connectivity index (χ2n) is 8.01. The molecule has 0 spiro atoms. The highest BCUT2D eigenvalue weighted by atomic mass is 16.6. The minimum Gasteiger partial charge on any atom is -0.497 e. The molecule has 0 radical (unpaired) electrons. The molecule has 1 aromatic heterocycles. The minimum absolute atomic E-state index is 0.00770. The van der Waals surface area contributed by atoms with Crippen LogP contribution in [0.1, 0.15) is 28.8 Å². The van der Waals surface area contributed by atoms with Gasteiger partial charge in [0.1, 0.15) is 30.0 Å². The molecule has 0 saturated carbocycles. The van der Waals surface area contributed by atoms with E-state index in [-0.39, 0.29) is 11.7 Å². The average Bonchev–Trinajstić information content (AvgIpc) is 3.35. The highest BCUT2D eigenvalue weighted by Crippen LogP contribution is 2.50. The van der Waals surface area contributed by atoms with Gasteiger partial charge in [0.25, 0.3) is 5.69 Å². The molecule has 0 saturated heterocycles. The summed E-state index contributed by atoms with van der Waals surface area (Å²) in [5.74, 6) is 2.03. The lowest BCUT2D eigenvalue weighted by atomic mass is 9.84. The number of hydrogen-bond donors (Lipinski definition) is 1. The number of ether oxygens (including phenoxy) is 2. The molecule has 6 rings (SSSR count). The van der Waals surface area contributed by atoms with Gasteiger partial charge in [-0.2, -0.15) is 10.1 Å². The molecule has 2 aliphatic heterocycles. The molecule has 3 aromatic carbocycles. The van der Waals surface area contributed by atoms with Crippen molar-refractivity contribution < 1.29 is 14.4 Å². The Balaban J connectivity index is 1.60. The fourth-order valence-corrected chi connectivity index (χ4v) is 4.60. The smallest absolute Gasteiger partial charge is 0.269 e. The number of nitro groups is 1. The zero-order valence-corrected chi connectivity index (χ0v) is 18.1. The first-order valence-electron chi connectivity index (χ1n) is 10.7. The SMILES string of the molecule is COc1ccc(C2C3=C(Nc4ncnn42)c2ccccc2OC3c2cccc([N+](=O)[O-])c2)cc1. The summed E-state index contributed by atoms with van der Waals surface area (Å²) in [7, 11) is 1.62. The number of fused-ring (bicyclic) bond motifs is 3. The van der Waals surface area contributed by atoms with E-state index in [9.17, 15) is 10.1 Å². The number of non-ortho nitro benzene ring substituents is 1. The number of benzene rings is 3. The summed E-state index contributed by atoms with van der Waals surface area (Å²) in [6, 6.07) is 21.7. The number of anilines is 1. The third-order valence-corrected chi connectivity index (χ3v) is 6.14. The van der Waals surface area contributed by atoms with Crippen molar-refractivity contribution in [3.8, 4) is 11.5 Å². The fourth-order valence-electron chi connectivity index (χ4n) is 4.60. The van der Waals surface area contributed by atoms with Crippen LogP contribution in [-0.2, 0) is 0 Å². The number of aromatic nitrogens is 3. The molecule has 0 bridgehead atoms. The lowest BCUT2D eigenvalue weighted by Crippen LogP contribution is -2.32. The minimum atomic E-state index is -0.582. The van der Waals surface area contributed by atoms with Gasteiger partial charge >= 0.3 is 0 Å². The van der Waals surface area contributed by atoms with Crippen molar-refractivity contribution in [3.63, 3.8) is 0 Å². The molecule has 168 valence electrons. The van der Waals surface area contributed by atoms with Crippen LogP contribution >= 0.6 is 0 Å². The topological polar surface area (TPSA) is 104 Å². The summed E-state index contributed by atoms with van der Waals surface area (Å²) in [6.07, 6.45) is 0.925.